The minimum atomic E-state index is 0.538. The zero-order valence-corrected chi connectivity index (χ0v) is 9.84. The van der Waals surface area contributed by atoms with Gasteiger partial charge in [-0.3, -0.25) is 0 Å². The van der Waals surface area contributed by atoms with Crippen LogP contribution in [0.4, 0.5) is 5.69 Å². The SMILES string of the molecule is COc1cc(NC(C)C2CC2)ccc1Cl. The third kappa shape index (κ3) is 2.57. The number of hydrogen-bond donors (Lipinski definition) is 1. The fraction of sp³-hybridized carbons (Fsp3) is 0.500. The van der Waals surface area contributed by atoms with Crippen LogP contribution in [-0.4, -0.2) is 13.2 Å². The molecule has 2 rings (SSSR count). The molecule has 0 aromatic heterocycles. The number of ether oxygens (including phenoxy) is 1. The van der Waals surface area contributed by atoms with E-state index in [1.807, 2.05) is 18.2 Å². The highest BCUT2D eigenvalue weighted by Crippen LogP contribution is 2.35. The van der Waals surface area contributed by atoms with Crippen molar-refractivity contribution in [1.82, 2.24) is 0 Å². The summed E-state index contributed by atoms with van der Waals surface area (Å²) in [5.74, 6) is 1.57. The lowest BCUT2D eigenvalue weighted by atomic mass is 10.2. The molecule has 0 spiro atoms. The van der Waals surface area contributed by atoms with Gasteiger partial charge in [-0.15, -0.1) is 0 Å². The van der Waals surface area contributed by atoms with Crippen molar-refractivity contribution in [3.05, 3.63) is 23.2 Å². The molecule has 0 amide bonds. The Morgan fingerprint density at radius 2 is 2.20 bits per heavy atom. The Kier molecular flexibility index (Phi) is 3.06. The summed E-state index contributed by atoms with van der Waals surface area (Å²) in [4.78, 5) is 0. The quantitative estimate of drug-likeness (QED) is 0.846. The molecule has 1 aliphatic rings. The molecule has 0 bridgehead atoms. The molecule has 1 aromatic carbocycles. The van der Waals surface area contributed by atoms with Gasteiger partial charge in [-0.2, -0.15) is 0 Å². The fourth-order valence-corrected chi connectivity index (χ4v) is 1.92. The highest BCUT2D eigenvalue weighted by molar-refractivity contribution is 6.32. The molecule has 82 valence electrons. The van der Waals surface area contributed by atoms with Crippen molar-refractivity contribution in [2.24, 2.45) is 5.92 Å². The van der Waals surface area contributed by atoms with Crippen LogP contribution in [0.2, 0.25) is 5.02 Å². The van der Waals surface area contributed by atoms with Gasteiger partial charge in [-0.25, -0.2) is 0 Å². The van der Waals surface area contributed by atoms with Crippen LogP contribution in [0.1, 0.15) is 19.8 Å². The summed E-state index contributed by atoms with van der Waals surface area (Å²) in [5, 5.41) is 4.12. The van der Waals surface area contributed by atoms with E-state index in [0.29, 0.717) is 11.1 Å². The lowest BCUT2D eigenvalue weighted by Crippen LogP contribution is -2.17. The summed E-state index contributed by atoms with van der Waals surface area (Å²) < 4.78 is 5.17. The third-order valence-corrected chi connectivity index (χ3v) is 3.19. The molecular weight excluding hydrogens is 210 g/mol. The van der Waals surface area contributed by atoms with Crippen LogP contribution >= 0.6 is 11.6 Å². The van der Waals surface area contributed by atoms with Crippen molar-refractivity contribution >= 4 is 17.3 Å². The summed E-state index contributed by atoms with van der Waals surface area (Å²) in [6.07, 6.45) is 2.69. The van der Waals surface area contributed by atoms with E-state index in [1.54, 1.807) is 7.11 Å². The largest absolute Gasteiger partial charge is 0.495 e. The van der Waals surface area contributed by atoms with Gasteiger partial charge in [0.25, 0.3) is 0 Å². The number of nitrogens with one attached hydrogen (secondary N) is 1. The van der Waals surface area contributed by atoms with E-state index in [2.05, 4.69) is 12.2 Å². The highest BCUT2D eigenvalue weighted by atomic mass is 35.5. The highest BCUT2D eigenvalue weighted by Gasteiger charge is 2.27. The molecule has 1 saturated carbocycles. The first-order valence-corrected chi connectivity index (χ1v) is 5.68. The standard InChI is InChI=1S/C12H16ClNO/c1-8(9-3-4-9)14-10-5-6-11(13)12(7-10)15-2/h5-9,14H,3-4H2,1-2H3. The minimum Gasteiger partial charge on any atom is -0.495 e. The normalized spacial score (nSPS) is 17.3. The first-order valence-electron chi connectivity index (χ1n) is 5.31. The molecule has 15 heavy (non-hydrogen) atoms. The van der Waals surface area contributed by atoms with E-state index >= 15 is 0 Å². The monoisotopic (exact) mass is 225 g/mol. The van der Waals surface area contributed by atoms with Crippen molar-refractivity contribution in [2.45, 2.75) is 25.8 Å². The van der Waals surface area contributed by atoms with Crippen LogP contribution in [0, 0.1) is 5.92 Å². The maximum Gasteiger partial charge on any atom is 0.139 e. The second-order valence-electron chi connectivity index (χ2n) is 4.12. The first-order chi connectivity index (χ1) is 7.20. The van der Waals surface area contributed by atoms with Crippen molar-refractivity contribution in [1.29, 1.82) is 0 Å². The Balaban J connectivity index is 2.07. The molecule has 0 radical (unpaired) electrons. The first kappa shape index (κ1) is 10.6. The van der Waals surface area contributed by atoms with Gasteiger partial charge < -0.3 is 10.1 Å². The Bertz CT molecular complexity index is 349. The van der Waals surface area contributed by atoms with Crippen molar-refractivity contribution in [3.8, 4) is 5.75 Å². The molecule has 0 saturated heterocycles. The predicted molar refractivity (Wildman–Crippen MR) is 63.8 cm³/mol. The van der Waals surface area contributed by atoms with E-state index in [4.69, 9.17) is 16.3 Å². The molecule has 1 unspecified atom stereocenters. The summed E-state index contributed by atoms with van der Waals surface area (Å²) in [6.45, 7) is 2.22. The molecule has 1 N–H and O–H groups in total. The number of halogens is 1. The number of anilines is 1. The van der Waals surface area contributed by atoms with E-state index in [1.165, 1.54) is 12.8 Å². The van der Waals surface area contributed by atoms with E-state index in [9.17, 15) is 0 Å². The van der Waals surface area contributed by atoms with Gasteiger partial charge in [-0.05, 0) is 37.8 Å². The number of hydrogen-bond acceptors (Lipinski definition) is 2. The van der Waals surface area contributed by atoms with Crippen LogP contribution in [0.3, 0.4) is 0 Å². The lowest BCUT2D eigenvalue weighted by molar-refractivity contribution is 0.415. The maximum atomic E-state index is 5.96. The van der Waals surface area contributed by atoms with E-state index in [0.717, 1.165) is 17.4 Å². The molecule has 1 fully saturated rings. The third-order valence-electron chi connectivity index (χ3n) is 2.87. The van der Waals surface area contributed by atoms with Crippen LogP contribution in [-0.2, 0) is 0 Å². The number of rotatable bonds is 4. The topological polar surface area (TPSA) is 21.3 Å². The van der Waals surface area contributed by atoms with Crippen molar-refractivity contribution in [2.75, 3.05) is 12.4 Å². The van der Waals surface area contributed by atoms with Crippen molar-refractivity contribution in [3.63, 3.8) is 0 Å². The smallest absolute Gasteiger partial charge is 0.139 e. The second kappa shape index (κ2) is 4.31. The van der Waals surface area contributed by atoms with Gasteiger partial charge in [0.1, 0.15) is 5.75 Å². The summed E-state index contributed by atoms with van der Waals surface area (Å²) in [6, 6.07) is 6.34. The predicted octanol–water partition coefficient (Wildman–Crippen LogP) is 3.56. The average Bonchev–Trinajstić information content (AvgIpc) is 3.04. The lowest BCUT2D eigenvalue weighted by Gasteiger charge is -2.15. The summed E-state index contributed by atoms with van der Waals surface area (Å²) >= 11 is 5.96. The number of benzene rings is 1. The van der Waals surface area contributed by atoms with Gasteiger partial charge in [-0.1, -0.05) is 11.6 Å². The zero-order valence-electron chi connectivity index (χ0n) is 9.09. The molecule has 2 nitrogen and oxygen atoms in total. The Morgan fingerprint density at radius 3 is 2.80 bits per heavy atom. The van der Waals surface area contributed by atoms with Crippen LogP contribution in [0.5, 0.6) is 5.75 Å². The number of methoxy groups -OCH3 is 1. The molecule has 3 heteroatoms. The molecule has 1 aromatic rings. The molecule has 0 heterocycles. The van der Waals surface area contributed by atoms with Crippen LogP contribution in [0.25, 0.3) is 0 Å². The molecular formula is C12H16ClNO. The van der Waals surface area contributed by atoms with Crippen molar-refractivity contribution < 1.29 is 4.74 Å². The van der Waals surface area contributed by atoms with Gasteiger partial charge in [0.2, 0.25) is 0 Å². The van der Waals surface area contributed by atoms with Crippen LogP contribution < -0.4 is 10.1 Å². The minimum absolute atomic E-state index is 0.538. The molecule has 0 aliphatic heterocycles. The molecule has 1 aliphatic carbocycles. The average molecular weight is 226 g/mol. The summed E-state index contributed by atoms with van der Waals surface area (Å²) in [5.41, 5.74) is 1.08. The Morgan fingerprint density at radius 1 is 1.47 bits per heavy atom. The summed E-state index contributed by atoms with van der Waals surface area (Å²) in [7, 11) is 1.63. The van der Waals surface area contributed by atoms with Gasteiger partial charge in [0.15, 0.2) is 0 Å². The van der Waals surface area contributed by atoms with Gasteiger partial charge in [0.05, 0.1) is 12.1 Å². The van der Waals surface area contributed by atoms with Crippen LogP contribution in [0.15, 0.2) is 18.2 Å². The Labute approximate surface area is 95.6 Å². The van der Waals surface area contributed by atoms with E-state index < -0.39 is 0 Å². The zero-order chi connectivity index (χ0) is 10.8. The second-order valence-corrected chi connectivity index (χ2v) is 4.53. The van der Waals surface area contributed by atoms with Gasteiger partial charge in [0, 0.05) is 17.8 Å². The van der Waals surface area contributed by atoms with Gasteiger partial charge >= 0.3 is 0 Å². The maximum absolute atomic E-state index is 5.96. The Hall–Kier alpha value is -0.890. The van der Waals surface area contributed by atoms with E-state index in [-0.39, 0.29) is 0 Å². The fourth-order valence-electron chi connectivity index (χ4n) is 1.73. The molecule has 1 atom stereocenters.